The molecule has 21 heavy (non-hydrogen) atoms. The first-order valence-corrected chi connectivity index (χ1v) is 8.46. The number of para-hydroxylation sites is 1. The quantitative estimate of drug-likeness (QED) is 0.842. The molecule has 112 valence electrons. The maximum absolute atomic E-state index is 14.4. The Bertz CT molecular complexity index is 609. The predicted molar refractivity (Wildman–Crippen MR) is 87.5 cm³/mol. The summed E-state index contributed by atoms with van der Waals surface area (Å²) in [5.74, 6) is -0.107. The first-order chi connectivity index (χ1) is 10.3. The van der Waals surface area contributed by atoms with Crippen molar-refractivity contribution in [3.05, 3.63) is 51.5 Å². The summed E-state index contributed by atoms with van der Waals surface area (Å²) in [6.07, 6.45) is 2.11. The Labute approximate surface area is 129 Å². The first-order valence-electron chi connectivity index (χ1n) is 7.58. The van der Waals surface area contributed by atoms with Gasteiger partial charge in [-0.3, -0.25) is 0 Å². The van der Waals surface area contributed by atoms with Gasteiger partial charge in [0.1, 0.15) is 5.82 Å². The zero-order chi connectivity index (χ0) is 14.7. The summed E-state index contributed by atoms with van der Waals surface area (Å²) in [5, 5.41) is 5.52. The average Bonchev–Trinajstić information content (AvgIpc) is 2.95. The molecule has 0 saturated carbocycles. The third-order valence-corrected chi connectivity index (χ3v) is 4.96. The van der Waals surface area contributed by atoms with Gasteiger partial charge in [-0.2, -0.15) is 0 Å². The summed E-state index contributed by atoms with van der Waals surface area (Å²) in [7, 11) is 0. The van der Waals surface area contributed by atoms with Gasteiger partial charge in [0, 0.05) is 24.5 Å². The lowest BCUT2D eigenvalue weighted by atomic mass is 10.1. The highest BCUT2D eigenvalue weighted by atomic mass is 32.1. The van der Waals surface area contributed by atoms with E-state index in [1.807, 2.05) is 23.5 Å². The third-order valence-electron chi connectivity index (χ3n) is 3.94. The molecule has 1 aromatic carbocycles. The van der Waals surface area contributed by atoms with Gasteiger partial charge in [0.05, 0.1) is 5.69 Å². The third kappa shape index (κ3) is 3.11. The van der Waals surface area contributed by atoms with Gasteiger partial charge >= 0.3 is 0 Å². The van der Waals surface area contributed by atoms with Crippen molar-refractivity contribution >= 4 is 17.0 Å². The molecule has 0 unspecified atom stereocenters. The topological polar surface area (TPSA) is 15.3 Å². The molecule has 0 atom stereocenters. The number of anilines is 1. The van der Waals surface area contributed by atoms with Crippen molar-refractivity contribution in [1.29, 1.82) is 0 Å². The van der Waals surface area contributed by atoms with Crippen molar-refractivity contribution < 1.29 is 4.39 Å². The minimum atomic E-state index is -0.107. The lowest BCUT2D eigenvalue weighted by Crippen LogP contribution is -2.31. The number of benzene rings is 1. The van der Waals surface area contributed by atoms with Crippen LogP contribution in [0.5, 0.6) is 0 Å². The number of halogens is 1. The van der Waals surface area contributed by atoms with E-state index in [9.17, 15) is 4.39 Å². The van der Waals surface area contributed by atoms with Crippen LogP contribution in [0.3, 0.4) is 0 Å². The fourth-order valence-corrected chi connectivity index (χ4v) is 3.79. The van der Waals surface area contributed by atoms with Gasteiger partial charge in [-0.1, -0.05) is 19.1 Å². The largest absolute Gasteiger partial charge is 0.364 e. The maximum atomic E-state index is 14.4. The van der Waals surface area contributed by atoms with Gasteiger partial charge in [-0.15, -0.1) is 11.3 Å². The van der Waals surface area contributed by atoms with Gasteiger partial charge in [-0.05, 0) is 48.0 Å². The fourth-order valence-electron chi connectivity index (χ4n) is 2.90. The van der Waals surface area contributed by atoms with Crippen molar-refractivity contribution in [1.82, 2.24) is 5.32 Å². The predicted octanol–water partition coefficient (Wildman–Crippen LogP) is 3.95. The van der Waals surface area contributed by atoms with E-state index in [2.05, 4.69) is 28.6 Å². The molecule has 2 aromatic rings. The summed E-state index contributed by atoms with van der Waals surface area (Å²) in [6, 6.07) is 7.58. The van der Waals surface area contributed by atoms with Gasteiger partial charge in [0.25, 0.3) is 0 Å². The normalized spacial score (nSPS) is 14.3. The van der Waals surface area contributed by atoms with E-state index in [4.69, 9.17) is 0 Å². The Morgan fingerprint density at radius 2 is 2.24 bits per heavy atom. The van der Waals surface area contributed by atoms with Crippen molar-refractivity contribution in [2.24, 2.45) is 0 Å². The number of thiophene rings is 1. The van der Waals surface area contributed by atoms with Crippen LogP contribution in [0, 0.1) is 5.82 Å². The Morgan fingerprint density at radius 1 is 1.33 bits per heavy atom. The van der Waals surface area contributed by atoms with Gasteiger partial charge in [-0.25, -0.2) is 4.39 Å². The first kappa shape index (κ1) is 14.5. The molecule has 1 aliphatic rings. The Kier molecular flexibility index (Phi) is 4.56. The van der Waals surface area contributed by atoms with Crippen molar-refractivity contribution in [2.75, 3.05) is 18.0 Å². The van der Waals surface area contributed by atoms with E-state index in [0.29, 0.717) is 0 Å². The summed E-state index contributed by atoms with van der Waals surface area (Å²) in [4.78, 5) is 3.64. The summed E-state index contributed by atoms with van der Waals surface area (Å²) in [6.45, 7) is 5.55. The highest BCUT2D eigenvalue weighted by Gasteiger charge is 2.21. The molecule has 2 heterocycles. The molecule has 0 bridgehead atoms. The summed E-state index contributed by atoms with van der Waals surface area (Å²) in [5.41, 5.74) is 3.18. The van der Waals surface area contributed by atoms with E-state index in [1.54, 1.807) is 6.07 Å². The van der Waals surface area contributed by atoms with Crippen LogP contribution in [-0.2, 0) is 19.5 Å². The van der Waals surface area contributed by atoms with Crippen LogP contribution in [0.2, 0.25) is 0 Å². The van der Waals surface area contributed by atoms with Crippen molar-refractivity contribution in [3.63, 3.8) is 0 Å². The van der Waals surface area contributed by atoms with E-state index in [1.165, 1.54) is 10.4 Å². The van der Waals surface area contributed by atoms with Crippen molar-refractivity contribution in [2.45, 2.75) is 32.9 Å². The van der Waals surface area contributed by atoms with Crippen molar-refractivity contribution in [3.8, 4) is 0 Å². The number of rotatable bonds is 5. The molecular formula is C17H21FN2S. The smallest absolute Gasteiger partial charge is 0.146 e. The molecule has 2 nitrogen and oxygen atoms in total. The molecule has 0 aliphatic carbocycles. The summed E-state index contributed by atoms with van der Waals surface area (Å²) < 4.78 is 14.4. The maximum Gasteiger partial charge on any atom is 0.146 e. The second kappa shape index (κ2) is 6.58. The standard InChI is InChI=1S/C17H21FN2S/c1-2-8-19-11-13-4-3-5-15(18)17(13)20-9-6-16-14(12-20)7-10-21-16/h3-5,7,10,19H,2,6,8-9,11-12H2,1H3. The van der Waals surface area contributed by atoms with Crippen LogP contribution < -0.4 is 10.2 Å². The van der Waals surface area contributed by atoms with E-state index < -0.39 is 0 Å². The van der Waals surface area contributed by atoms with Crippen LogP contribution >= 0.6 is 11.3 Å². The SMILES string of the molecule is CCCNCc1cccc(F)c1N1CCc2sccc2C1. The van der Waals surface area contributed by atoms with E-state index in [-0.39, 0.29) is 5.82 Å². The molecule has 1 N–H and O–H groups in total. The Balaban J connectivity index is 1.84. The second-order valence-electron chi connectivity index (χ2n) is 5.46. The Morgan fingerprint density at radius 3 is 3.10 bits per heavy atom. The van der Waals surface area contributed by atoms with E-state index >= 15 is 0 Å². The number of hydrogen-bond donors (Lipinski definition) is 1. The summed E-state index contributed by atoms with van der Waals surface area (Å²) >= 11 is 1.82. The number of nitrogens with zero attached hydrogens (tertiary/aromatic N) is 1. The highest BCUT2D eigenvalue weighted by molar-refractivity contribution is 7.10. The fraction of sp³-hybridized carbons (Fsp3) is 0.412. The molecule has 0 spiro atoms. The number of fused-ring (bicyclic) bond motifs is 1. The Hall–Kier alpha value is -1.39. The molecule has 1 aromatic heterocycles. The van der Waals surface area contributed by atoms with Crippen LogP contribution in [0.1, 0.15) is 29.3 Å². The molecule has 0 fully saturated rings. The zero-order valence-electron chi connectivity index (χ0n) is 12.4. The van der Waals surface area contributed by atoms with Gasteiger partial charge in [0.2, 0.25) is 0 Å². The van der Waals surface area contributed by atoms with Gasteiger partial charge in [0.15, 0.2) is 0 Å². The lowest BCUT2D eigenvalue weighted by molar-refractivity contribution is 0.602. The number of hydrogen-bond acceptors (Lipinski definition) is 3. The lowest BCUT2D eigenvalue weighted by Gasteiger charge is -2.31. The minimum Gasteiger partial charge on any atom is -0.364 e. The zero-order valence-corrected chi connectivity index (χ0v) is 13.2. The molecular weight excluding hydrogens is 283 g/mol. The molecule has 3 rings (SSSR count). The monoisotopic (exact) mass is 304 g/mol. The molecule has 1 aliphatic heterocycles. The molecule has 4 heteroatoms. The number of nitrogens with one attached hydrogen (secondary N) is 1. The van der Waals surface area contributed by atoms with E-state index in [0.717, 1.165) is 50.3 Å². The molecule has 0 radical (unpaired) electrons. The average molecular weight is 304 g/mol. The second-order valence-corrected chi connectivity index (χ2v) is 6.47. The molecule has 0 amide bonds. The highest BCUT2D eigenvalue weighted by Crippen LogP contribution is 2.31. The van der Waals surface area contributed by atoms with Crippen LogP contribution in [0.25, 0.3) is 0 Å². The van der Waals surface area contributed by atoms with Crippen LogP contribution in [-0.4, -0.2) is 13.1 Å². The minimum absolute atomic E-state index is 0.107. The van der Waals surface area contributed by atoms with Gasteiger partial charge < -0.3 is 10.2 Å². The van der Waals surface area contributed by atoms with Crippen LogP contribution in [0.15, 0.2) is 29.6 Å². The molecule has 0 saturated heterocycles. The van der Waals surface area contributed by atoms with Crippen LogP contribution in [0.4, 0.5) is 10.1 Å².